The number of para-hydroxylation sites is 1. The number of hydrogen-bond donors (Lipinski definition) is 3. The van der Waals surface area contributed by atoms with Gasteiger partial charge in [-0.15, -0.1) is 0 Å². The van der Waals surface area contributed by atoms with E-state index in [1.54, 1.807) is 55.6 Å². The van der Waals surface area contributed by atoms with Crippen molar-refractivity contribution in [2.75, 3.05) is 30.8 Å². The standard InChI is InChI=1S/C20H23N3O3/c1-13(14-11-21-12-14)19(24)23-18-9-4-3-8-17(18)20(25)22-15-6-5-7-16(10-15)26-2/h3-10,13-14,21H,11-12H2,1-2H3,(H,22,25)(H,23,24). The van der Waals surface area contributed by atoms with Crippen LogP contribution < -0.4 is 20.7 Å². The Balaban J connectivity index is 1.73. The first-order valence-electron chi connectivity index (χ1n) is 8.64. The molecule has 1 heterocycles. The summed E-state index contributed by atoms with van der Waals surface area (Å²) in [5.41, 5.74) is 1.56. The van der Waals surface area contributed by atoms with Crippen LogP contribution in [0.15, 0.2) is 48.5 Å². The molecule has 1 unspecified atom stereocenters. The molecule has 2 amide bonds. The first-order chi connectivity index (χ1) is 12.6. The van der Waals surface area contributed by atoms with E-state index in [2.05, 4.69) is 16.0 Å². The number of carbonyl (C=O) groups excluding carboxylic acids is 2. The highest BCUT2D eigenvalue weighted by atomic mass is 16.5. The zero-order chi connectivity index (χ0) is 18.5. The maximum Gasteiger partial charge on any atom is 0.257 e. The Labute approximate surface area is 152 Å². The van der Waals surface area contributed by atoms with Crippen molar-refractivity contribution in [2.24, 2.45) is 11.8 Å². The minimum atomic E-state index is -0.285. The Bertz CT molecular complexity index is 802. The summed E-state index contributed by atoms with van der Waals surface area (Å²) in [4.78, 5) is 25.2. The van der Waals surface area contributed by atoms with Gasteiger partial charge in [-0.2, -0.15) is 0 Å². The Morgan fingerprint density at radius 2 is 1.88 bits per heavy atom. The van der Waals surface area contributed by atoms with Crippen LogP contribution in [0.2, 0.25) is 0 Å². The van der Waals surface area contributed by atoms with Gasteiger partial charge in [0.1, 0.15) is 5.75 Å². The van der Waals surface area contributed by atoms with Crippen molar-refractivity contribution in [1.82, 2.24) is 5.32 Å². The highest BCUT2D eigenvalue weighted by molar-refractivity contribution is 6.10. The first kappa shape index (κ1) is 17.9. The zero-order valence-corrected chi connectivity index (χ0v) is 14.9. The van der Waals surface area contributed by atoms with E-state index >= 15 is 0 Å². The maximum absolute atomic E-state index is 12.7. The number of anilines is 2. The number of carbonyl (C=O) groups is 2. The summed E-state index contributed by atoms with van der Waals surface area (Å²) in [6, 6.07) is 14.1. The molecule has 0 aliphatic carbocycles. The smallest absolute Gasteiger partial charge is 0.257 e. The van der Waals surface area contributed by atoms with Crippen LogP contribution in [0, 0.1) is 11.8 Å². The van der Waals surface area contributed by atoms with Crippen LogP contribution in [0.3, 0.4) is 0 Å². The van der Waals surface area contributed by atoms with Gasteiger partial charge >= 0.3 is 0 Å². The third-order valence-electron chi connectivity index (χ3n) is 4.69. The highest BCUT2D eigenvalue weighted by Gasteiger charge is 2.29. The molecule has 6 nitrogen and oxygen atoms in total. The molecule has 0 bridgehead atoms. The van der Waals surface area contributed by atoms with Crippen LogP contribution >= 0.6 is 0 Å². The maximum atomic E-state index is 12.7. The normalized spacial score (nSPS) is 14.8. The summed E-state index contributed by atoms with van der Waals surface area (Å²) in [5.74, 6) is 0.538. The van der Waals surface area contributed by atoms with Crippen LogP contribution in [-0.2, 0) is 4.79 Å². The van der Waals surface area contributed by atoms with E-state index in [0.717, 1.165) is 13.1 Å². The molecule has 1 atom stereocenters. The molecule has 26 heavy (non-hydrogen) atoms. The number of nitrogens with one attached hydrogen (secondary N) is 3. The lowest BCUT2D eigenvalue weighted by atomic mass is 9.88. The molecule has 2 aromatic rings. The van der Waals surface area contributed by atoms with E-state index in [1.807, 2.05) is 6.92 Å². The number of ether oxygens (including phenoxy) is 1. The molecule has 1 fully saturated rings. The number of hydrogen-bond acceptors (Lipinski definition) is 4. The van der Waals surface area contributed by atoms with E-state index in [1.165, 1.54) is 0 Å². The van der Waals surface area contributed by atoms with Gasteiger partial charge < -0.3 is 20.7 Å². The second-order valence-corrected chi connectivity index (χ2v) is 6.43. The summed E-state index contributed by atoms with van der Waals surface area (Å²) in [6.07, 6.45) is 0. The van der Waals surface area contributed by atoms with Gasteiger partial charge in [0.05, 0.1) is 18.4 Å². The molecule has 0 spiro atoms. The lowest BCUT2D eigenvalue weighted by Crippen LogP contribution is -2.48. The van der Waals surface area contributed by atoms with Gasteiger partial charge in [-0.25, -0.2) is 0 Å². The topological polar surface area (TPSA) is 79.5 Å². The molecular weight excluding hydrogens is 330 g/mol. The van der Waals surface area contributed by atoms with Crippen molar-refractivity contribution in [3.05, 3.63) is 54.1 Å². The quantitative estimate of drug-likeness (QED) is 0.746. The van der Waals surface area contributed by atoms with E-state index in [4.69, 9.17) is 4.74 Å². The Hall–Kier alpha value is -2.86. The largest absolute Gasteiger partial charge is 0.497 e. The second-order valence-electron chi connectivity index (χ2n) is 6.43. The predicted molar refractivity (Wildman–Crippen MR) is 102 cm³/mol. The number of benzene rings is 2. The van der Waals surface area contributed by atoms with Crippen molar-refractivity contribution in [3.8, 4) is 5.75 Å². The fourth-order valence-corrected chi connectivity index (χ4v) is 2.81. The van der Waals surface area contributed by atoms with Gasteiger partial charge in [-0.05, 0) is 43.3 Å². The lowest BCUT2D eigenvalue weighted by molar-refractivity contribution is -0.121. The minimum absolute atomic E-state index is 0.0712. The van der Waals surface area contributed by atoms with Crippen molar-refractivity contribution < 1.29 is 14.3 Å². The first-order valence-corrected chi connectivity index (χ1v) is 8.64. The Morgan fingerprint density at radius 1 is 1.12 bits per heavy atom. The summed E-state index contributed by atoms with van der Waals surface area (Å²) in [7, 11) is 1.57. The fourth-order valence-electron chi connectivity index (χ4n) is 2.81. The van der Waals surface area contributed by atoms with Crippen molar-refractivity contribution in [3.63, 3.8) is 0 Å². The lowest BCUT2D eigenvalue weighted by Gasteiger charge is -2.31. The van der Waals surface area contributed by atoms with Crippen LogP contribution in [-0.4, -0.2) is 32.0 Å². The molecule has 0 radical (unpaired) electrons. The second kappa shape index (κ2) is 8.01. The summed E-state index contributed by atoms with van der Waals surface area (Å²) < 4.78 is 5.17. The van der Waals surface area contributed by atoms with E-state index < -0.39 is 0 Å². The van der Waals surface area contributed by atoms with E-state index in [9.17, 15) is 9.59 Å². The molecule has 2 aromatic carbocycles. The zero-order valence-electron chi connectivity index (χ0n) is 14.9. The SMILES string of the molecule is COc1cccc(NC(=O)c2ccccc2NC(=O)C(C)C2CNC2)c1. The number of amides is 2. The highest BCUT2D eigenvalue weighted by Crippen LogP contribution is 2.22. The summed E-state index contributed by atoms with van der Waals surface area (Å²) in [5, 5.41) is 8.91. The molecule has 1 aliphatic heterocycles. The van der Waals surface area contributed by atoms with Crippen LogP contribution in [0.4, 0.5) is 11.4 Å². The van der Waals surface area contributed by atoms with Gasteiger partial charge in [0.15, 0.2) is 0 Å². The Morgan fingerprint density at radius 3 is 2.58 bits per heavy atom. The number of rotatable bonds is 6. The van der Waals surface area contributed by atoms with Gasteiger partial charge in [-0.1, -0.05) is 25.1 Å². The van der Waals surface area contributed by atoms with Crippen LogP contribution in [0.25, 0.3) is 0 Å². The van der Waals surface area contributed by atoms with Gasteiger partial charge in [0.2, 0.25) is 5.91 Å². The third kappa shape index (κ3) is 4.03. The Kier molecular flexibility index (Phi) is 5.53. The average Bonchev–Trinajstić information content (AvgIpc) is 2.60. The number of methoxy groups -OCH3 is 1. The van der Waals surface area contributed by atoms with E-state index in [0.29, 0.717) is 28.6 Å². The third-order valence-corrected chi connectivity index (χ3v) is 4.69. The van der Waals surface area contributed by atoms with Gasteiger partial charge in [0.25, 0.3) is 5.91 Å². The molecule has 3 N–H and O–H groups in total. The van der Waals surface area contributed by atoms with E-state index in [-0.39, 0.29) is 17.7 Å². The average molecular weight is 353 g/mol. The monoisotopic (exact) mass is 353 g/mol. The molecule has 3 rings (SSSR count). The predicted octanol–water partition coefficient (Wildman–Crippen LogP) is 2.74. The minimum Gasteiger partial charge on any atom is -0.497 e. The molecule has 6 heteroatoms. The van der Waals surface area contributed by atoms with Gasteiger partial charge in [-0.3, -0.25) is 9.59 Å². The van der Waals surface area contributed by atoms with Crippen LogP contribution in [0.1, 0.15) is 17.3 Å². The molecule has 1 aliphatic rings. The fraction of sp³-hybridized carbons (Fsp3) is 0.300. The summed E-state index contributed by atoms with van der Waals surface area (Å²) in [6.45, 7) is 3.62. The van der Waals surface area contributed by atoms with Crippen LogP contribution in [0.5, 0.6) is 5.75 Å². The molecule has 0 saturated carbocycles. The van der Waals surface area contributed by atoms with Gasteiger partial charge in [0, 0.05) is 17.7 Å². The summed E-state index contributed by atoms with van der Waals surface area (Å²) >= 11 is 0. The molecule has 1 saturated heterocycles. The molecule has 136 valence electrons. The van der Waals surface area contributed by atoms with Crippen molar-refractivity contribution in [2.45, 2.75) is 6.92 Å². The molecular formula is C20H23N3O3. The van der Waals surface area contributed by atoms with Crippen molar-refractivity contribution >= 4 is 23.2 Å². The molecule has 0 aromatic heterocycles. The van der Waals surface area contributed by atoms with Crippen molar-refractivity contribution in [1.29, 1.82) is 0 Å².